The third-order valence-corrected chi connectivity index (χ3v) is 5.84. The van der Waals surface area contributed by atoms with Crippen molar-refractivity contribution < 1.29 is 9.90 Å². The largest absolute Gasteiger partial charge is 0.508 e. The summed E-state index contributed by atoms with van der Waals surface area (Å²) < 4.78 is 1.63. The molecular formula is C20H23N3O3S. The van der Waals surface area contributed by atoms with Crippen molar-refractivity contribution in [3.63, 3.8) is 0 Å². The number of rotatable bonds is 6. The molecule has 6 nitrogen and oxygen atoms in total. The van der Waals surface area contributed by atoms with Crippen LogP contribution in [-0.2, 0) is 6.54 Å². The summed E-state index contributed by atoms with van der Waals surface area (Å²) in [6.07, 6.45) is 4.66. The Bertz CT molecular complexity index is 1020. The van der Waals surface area contributed by atoms with E-state index in [-0.39, 0.29) is 17.2 Å². The van der Waals surface area contributed by atoms with Gasteiger partial charge in [-0.3, -0.25) is 14.2 Å². The number of aromatic nitrogens is 2. The van der Waals surface area contributed by atoms with Crippen LogP contribution < -0.4 is 10.5 Å². The van der Waals surface area contributed by atoms with Crippen molar-refractivity contribution in [1.29, 1.82) is 0 Å². The molecule has 0 atom stereocenters. The van der Waals surface area contributed by atoms with Crippen molar-refractivity contribution in [3.05, 3.63) is 51.4 Å². The number of hydrogen-bond acceptors (Lipinski definition) is 5. The fourth-order valence-electron chi connectivity index (χ4n) is 3.00. The van der Waals surface area contributed by atoms with Gasteiger partial charge in [0.05, 0.1) is 16.6 Å². The SMILES string of the molecule is CCCCCn1cnc2sc(C(=O)N(C)c3ccc(O)cc3)c(C)c2c1=O. The molecule has 0 bridgehead atoms. The topological polar surface area (TPSA) is 75.4 Å². The summed E-state index contributed by atoms with van der Waals surface area (Å²) in [5.74, 6) is -0.0522. The molecule has 0 saturated heterocycles. The molecule has 2 heterocycles. The van der Waals surface area contributed by atoms with Gasteiger partial charge in [-0.15, -0.1) is 11.3 Å². The van der Waals surface area contributed by atoms with Gasteiger partial charge in [0.15, 0.2) is 0 Å². The molecule has 0 aliphatic carbocycles. The Morgan fingerprint density at radius 2 is 1.96 bits per heavy atom. The van der Waals surface area contributed by atoms with Gasteiger partial charge in [-0.1, -0.05) is 19.8 Å². The van der Waals surface area contributed by atoms with Gasteiger partial charge in [0.25, 0.3) is 11.5 Å². The highest BCUT2D eigenvalue weighted by atomic mass is 32.1. The molecule has 2 aromatic heterocycles. The standard InChI is InChI=1S/C20H23N3O3S/c1-4-5-6-11-23-12-21-18-16(19(23)25)13(2)17(27-18)20(26)22(3)14-7-9-15(24)10-8-14/h7-10,12,24H,4-6,11H2,1-3H3. The lowest BCUT2D eigenvalue weighted by Gasteiger charge is -2.16. The number of carbonyl (C=O) groups excluding carboxylic acids is 1. The molecule has 1 N–H and O–H groups in total. The summed E-state index contributed by atoms with van der Waals surface area (Å²) in [5, 5.41) is 9.95. The van der Waals surface area contributed by atoms with Gasteiger partial charge < -0.3 is 10.0 Å². The van der Waals surface area contributed by atoms with E-state index in [1.54, 1.807) is 37.0 Å². The van der Waals surface area contributed by atoms with Crippen LogP contribution in [-0.4, -0.2) is 27.6 Å². The van der Waals surface area contributed by atoms with Crippen LogP contribution in [0.3, 0.4) is 0 Å². The number of phenolic OH excluding ortho intramolecular Hbond substituents is 1. The molecule has 0 aliphatic heterocycles. The lowest BCUT2D eigenvalue weighted by Crippen LogP contribution is -2.26. The van der Waals surface area contributed by atoms with E-state index in [4.69, 9.17) is 0 Å². The van der Waals surface area contributed by atoms with Gasteiger partial charge in [-0.2, -0.15) is 0 Å². The van der Waals surface area contributed by atoms with E-state index >= 15 is 0 Å². The number of amides is 1. The van der Waals surface area contributed by atoms with Crippen LogP contribution in [0.5, 0.6) is 5.75 Å². The molecule has 1 aromatic carbocycles. The van der Waals surface area contributed by atoms with E-state index in [2.05, 4.69) is 11.9 Å². The molecule has 7 heteroatoms. The van der Waals surface area contributed by atoms with Crippen molar-refractivity contribution >= 4 is 33.1 Å². The second-order valence-electron chi connectivity index (χ2n) is 6.57. The van der Waals surface area contributed by atoms with Gasteiger partial charge in [0, 0.05) is 19.3 Å². The number of phenols is 1. The first-order valence-electron chi connectivity index (χ1n) is 8.99. The fourth-order valence-corrected chi connectivity index (χ4v) is 4.12. The second-order valence-corrected chi connectivity index (χ2v) is 7.57. The van der Waals surface area contributed by atoms with Crippen LogP contribution in [0.25, 0.3) is 10.2 Å². The van der Waals surface area contributed by atoms with Crippen LogP contribution in [0.4, 0.5) is 5.69 Å². The Kier molecular flexibility index (Phi) is 5.60. The molecule has 27 heavy (non-hydrogen) atoms. The predicted molar refractivity (Wildman–Crippen MR) is 109 cm³/mol. The average molecular weight is 385 g/mol. The monoisotopic (exact) mass is 385 g/mol. The maximum absolute atomic E-state index is 13.0. The summed E-state index contributed by atoms with van der Waals surface area (Å²) in [6.45, 7) is 4.56. The Labute approximate surface area is 161 Å². The number of aryl methyl sites for hydroxylation is 2. The number of anilines is 1. The summed E-state index contributed by atoms with van der Waals surface area (Å²) in [7, 11) is 1.68. The zero-order chi connectivity index (χ0) is 19.6. The predicted octanol–water partition coefficient (Wildman–Crippen LogP) is 3.94. The molecule has 1 amide bonds. The fraction of sp³-hybridized carbons (Fsp3) is 0.350. The molecule has 0 fully saturated rings. The average Bonchev–Trinajstić information content (AvgIpc) is 3.00. The number of nitrogens with zero attached hydrogens (tertiary/aromatic N) is 3. The van der Waals surface area contributed by atoms with Crippen LogP contribution in [0.2, 0.25) is 0 Å². The molecule has 0 unspecified atom stereocenters. The number of thiophene rings is 1. The molecule has 0 saturated carbocycles. The normalized spacial score (nSPS) is 11.1. The van der Waals surface area contributed by atoms with Crippen molar-refractivity contribution in [2.75, 3.05) is 11.9 Å². The lowest BCUT2D eigenvalue weighted by atomic mass is 10.2. The minimum absolute atomic E-state index is 0.0869. The second kappa shape index (κ2) is 7.92. The first-order chi connectivity index (χ1) is 12.9. The molecule has 0 radical (unpaired) electrons. The highest BCUT2D eigenvalue weighted by Crippen LogP contribution is 2.29. The zero-order valence-electron chi connectivity index (χ0n) is 15.7. The Balaban J connectivity index is 1.96. The lowest BCUT2D eigenvalue weighted by molar-refractivity contribution is 0.0996. The Morgan fingerprint density at radius 3 is 2.63 bits per heavy atom. The van der Waals surface area contributed by atoms with Crippen LogP contribution in [0.1, 0.15) is 41.4 Å². The van der Waals surface area contributed by atoms with Crippen molar-refractivity contribution in [1.82, 2.24) is 9.55 Å². The number of aromatic hydroxyl groups is 1. The molecule has 0 spiro atoms. The Hall–Kier alpha value is -2.67. The number of carbonyl (C=O) groups is 1. The summed E-state index contributed by atoms with van der Waals surface area (Å²) in [6, 6.07) is 6.42. The van der Waals surface area contributed by atoms with Gasteiger partial charge in [0.2, 0.25) is 0 Å². The zero-order valence-corrected chi connectivity index (χ0v) is 16.5. The number of unbranched alkanes of at least 4 members (excludes halogenated alkanes) is 2. The molecular weight excluding hydrogens is 362 g/mol. The summed E-state index contributed by atoms with van der Waals surface area (Å²) in [4.78, 5) is 32.8. The van der Waals surface area contributed by atoms with Gasteiger partial charge in [0.1, 0.15) is 10.6 Å². The third kappa shape index (κ3) is 3.73. The van der Waals surface area contributed by atoms with Crippen LogP contribution >= 0.6 is 11.3 Å². The highest BCUT2D eigenvalue weighted by molar-refractivity contribution is 7.20. The molecule has 0 aliphatic rings. The van der Waals surface area contributed by atoms with E-state index in [1.807, 2.05) is 0 Å². The molecule has 3 rings (SSSR count). The van der Waals surface area contributed by atoms with E-state index < -0.39 is 0 Å². The first kappa shape index (κ1) is 19.1. The van der Waals surface area contributed by atoms with Crippen molar-refractivity contribution in [2.45, 2.75) is 39.7 Å². The first-order valence-corrected chi connectivity index (χ1v) is 9.81. The van der Waals surface area contributed by atoms with Crippen molar-refractivity contribution in [2.24, 2.45) is 0 Å². The van der Waals surface area contributed by atoms with E-state index in [1.165, 1.54) is 28.4 Å². The quantitative estimate of drug-likeness (QED) is 0.652. The third-order valence-electron chi connectivity index (χ3n) is 4.66. The van der Waals surface area contributed by atoms with Gasteiger partial charge >= 0.3 is 0 Å². The van der Waals surface area contributed by atoms with E-state index in [0.29, 0.717) is 32.9 Å². The van der Waals surface area contributed by atoms with E-state index in [9.17, 15) is 14.7 Å². The summed E-state index contributed by atoms with van der Waals surface area (Å²) >= 11 is 1.24. The minimum Gasteiger partial charge on any atom is -0.508 e. The minimum atomic E-state index is -0.196. The maximum Gasteiger partial charge on any atom is 0.268 e. The van der Waals surface area contributed by atoms with Crippen LogP contribution in [0, 0.1) is 6.92 Å². The molecule has 3 aromatic rings. The smallest absolute Gasteiger partial charge is 0.268 e. The number of fused-ring (bicyclic) bond motifs is 1. The van der Waals surface area contributed by atoms with Gasteiger partial charge in [-0.25, -0.2) is 4.98 Å². The number of benzene rings is 1. The summed E-state index contributed by atoms with van der Waals surface area (Å²) in [5.41, 5.74) is 1.25. The highest BCUT2D eigenvalue weighted by Gasteiger charge is 2.22. The maximum atomic E-state index is 13.0. The number of hydrogen-bond donors (Lipinski definition) is 1. The van der Waals surface area contributed by atoms with Gasteiger partial charge in [-0.05, 0) is 43.2 Å². The van der Waals surface area contributed by atoms with Crippen molar-refractivity contribution in [3.8, 4) is 5.75 Å². The van der Waals surface area contributed by atoms with Crippen LogP contribution in [0.15, 0.2) is 35.4 Å². The molecule has 142 valence electrons. The Morgan fingerprint density at radius 1 is 1.26 bits per heavy atom. The van der Waals surface area contributed by atoms with E-state index in [0.717, 1.165) is 19.3 Å².